The summed E-state index contributed by atoms with van der Waals surface area (Å²) in [6, 6.07) is 8.34. The highest BCUT2D eigenvalue weighted by molar-refractivity contribution is 7.90. The maximum atomic E-state index is 12.6. The Morgan fingerprint density at radius 3 is 2.24 bits per heavy atom. The molecule has 0 spiro atoms. The van der Waals surface area contributed by atoms with E-state index in [1.807, 2.05) is 0 Å². The molecule has 1 aromatic carbocycles. The lowest BCUT2D eigenvalue weighted by molar-refractivity contribution is -0.0500. The first-order valence-corrected chi connectivity index (χ1v) is 11.0. The van der Waals surface area contributed by atoms with Gasteiger partial charge in [0.05, 0.1) is 10.3 Å². The van der Waals surface area contributed by atoms with Crippen LogP contribution in [-0.2, 0) is 20.0 Å². The maximum Gasteiger partial charge on any atom is 0.534 e. The number of sulfone groups is 1. The van der Waals surface area contributed by atoms with Gasteiger partial charge in [-0.1, -0.05) is 0 Å². The van der Waals surface area contributed by atoms with Gasteiger partial charge in [-0.3, -0.25) is 0 Å². The molecule has 0 amide bonds. The van der Waals surface area contributed by atoms with Crippen LogP contribution in [0.3, 0.4) is 0 Å². The summed E-state index contributed by atoms with van der Waals surface area (Å²) in [6.07, 6.45) is 3.43. The molecule has 0 bridgehead atoms. The van der Waals surface area contributed by atoms with Crippen LogP contribution in [0.1, 0.15) is 0 Å². The molecular weight excluding hydrogens is 435 g/mol. The molecule has 0 saturated carbocycles. The van der Waals surface area contributed by atoms with Crippen molar-refractivity contribution in [3.05, 3.63) is 48.8 Å². The standard InChI is InChI=1S/C16H12F3N3O5S2/c1-28(23,24)12-4-2-11(3-5-12)22-14-8-13-10(9-21-14)6-7-20-15(13)27-29(25,26)16(17,18)19/h2-9H,1H3,(H,21,22). The van der Waals surface area contributed by atoms with Crippen LogP contribution < -0.4 is 9.50 Å². The number of benzene rings is 1. The van der Waals surface area contributed by atoms with Gasteiger partial charge in [-0.25, -0.2) is 18.4 Å². The van der Waals surface area contributed by atoms with E-state index in [0.717, 1.165) is 12.5 Å². The van der Waals surface area contributed by atoms with E-state index in [2.05, 4.69) is 19.5 Å². The largest absolute Gasteiger partial charge is 0.534 e. The van der Waals surface area contributed by atoms with Gasteiger partial charge in [0.15, 0.2) is 9.84 Å². The van der Waals surface area contributed by atoms with E-state index < -0.39 is 31.3 Å². The molecule has 0 atom stereocenters. The van der Waals surface area contributed by atoms with Crippen LogP contribution in [0.15, 0.2) is 53.7 Å². The normalized spacial score (nSPS) is 12.7. The van der Waals surface area contributed by atoms with E-state index in [4.69, 9.17) is 0 Å². The van der Waals surface area contributed by atoms with Gasteiger partial charge in [0.25, 0.3) is 0 Å². The van der Waals surface area contributed by atoms with Gasteiger partial charge in [-0.2, -0.15) is 21.6 Å². The number of anilines is 2. The number of fused-ring (bicyclic) bond motifs is 1. The first-order valence-electron chi connectivity index (χ1n) is 7.69. The van der Waals surface area contributed by atoms with Crippen molar-refractivity contribution in [3.63, 3.8) is 0 Å². The lowest BCUT2D eigenvalue weighted by Gasteiger charge is -2.11. The number of nitrogens with one attached hydrogen (secondary N) is 1. The van der Waals surface area contributed by atoms with Gasteiger partial charge in [-0.05, 0) is 36.4 Å². The van der Waals surface area contributed by atoms with Gasteiger partial charge in [-0.15, -0.1) is 0 Å². The second kappa shape index (κ2) is 7.15. The Bertz CT molecular complexity index is 1280. The van der Waals surface area contributed by atoms with Gasteiger partial charge < -0.3 is 9.50 Å². The number of nitrogens with zero attached hydrogens (tertiary/aromatic N) is 2. The predicted molar refractivity (Wildman–Crippen MR) is 98.0 cm³/mol. The maximum absolute atomic E-state index is 12.6. The van der Waals surface area contributed by atoms with E-state index >= 15 is 0 Å². The monoisotopic (exact) mass is 447 g/mol. The minimum Gasteiger partial charge on any atom is -0.355 e. The zero-order chi connectivity index (χ0) is 21.4. The molecule has 3 rings (SSSR count). The molecule has 1 N–H and O–H groups in total. The minimum atomic E-state index is -5.89. The Balaban J connectivity index is 1.95. The number of hydrogen-bond donors (Lipinski definition) is 1. The summed E-state index contributed by atoms with van der Waals surface area (Å²) < 4.78 is 87.5. The number of pyridine rings is 2. The molecular formula is C16H12F3N3O5S2. The number of aromatic nitrogens is 2. The molecule has 0 aliphatic rings. The Labute approximate surface area is 163 Å². The van der Waals surface area contributed by atoms with Crippen LogP contribution in [0.4, 0.5) is 24.7 Å². The second-order valence-corrected chi connectivity index (χ2v) is 9.37. The molecule has 0 radical (unpaired) electrons. The summed E-state index contributed by atoms with van der Waals surface area (Å²) in [5.41, 5.74) is -5.16. The van der Waals surface area contributed by atoms with Crippen LogP contribution in [0.2, 0.25) is 0 Å². The van der Waals surface area contributed by atoms with E-state index in [9.17, 15) is 30.0 Å². The molecule has 0 saturated heterocycles. The van der Waals surface area contributed by atoms with E-state index in [0.29, 0.717) is 11.1 Å². The third-order valence-corrected chi connectivity index (χ3v) is 5.71. The van der Waals surface area contributed by atoms with Crippen molar-refractivity contribution < 1.29 is 34.2 Å². The summed E-state index contributed by atoms with van der Waals surface area (Å²) in [5.74, 6) is -0.607. The summed E-state index contributed by atoms with van der Waals surface area (Å²) in [4.78, 5) is 7.75. The van der Waals surface area contributed by atoms with Gasteiger partial charge in [0.1, 0.15) is 5.82 Å². The molecule has 0 fully saturated rings. The van der Waals surface area contributed by atoms with Crippen LogP contribution in [0, 0.1) is 0 Å². The van der Waals surface area contributed by atoms with Crippen LogP contribution in [0.5, 0.6) is 5.88 Å². The quantitative estimate of drug-likeness (QED) is 0.469. The molecule has 2 heterocycles. The number of hydrogen-bond acceptors (Lipinski definition) is 8. The highest BCUT2D eigenvalue weighted by Crippen LogP contribution is 2.31. The fraction of sp³-hybridized carbons (Fsp3) is 0.125. The van der Waals surface area contributed by atoms with Gasteiger partial charge >= 0.3 is 15.6 Å². The minimum absolute atomic E-state index is 0.0226. The molecule has 154 valence electrons. The summed E-state index contributed by atoms with van der Waals surface area (Å²) in [5, 5.41) is 3.11. The highest BCUT2D eigenvalue weighted by Gasteiger charge is 2.49. The number of halogens is 3. The van der Waals surface area contributed by atoms with Crippen LogP contribution in [-0.4, -0.2) is 38.6 Å². The first-order chi connectivity index (χ1) is 13.4. The SMILES string of the molecule is CS(=O)(=O)c1ccc(Nc2cc3c(OS(=O)(=O)C(F)(F)F)nccc3cn2)cc1. The van der Waals surface area contributed by atoms with Gasteiger partial charge in [0.2, 0.25) is 5.88 Å². The van der Waals surface area contributed by atoms with E-state index in [1.54, 1.807) is 0 Å². The molecule has 2 aromatic heterocycles. The highest BCUT2D eigenvalue weighted by atomic mass is 32.2. The Morgan fingerprint density at radius 2 is 1.66 bits per heavy atom. The fourth-order valence-corrected chi connectivity index (χ4v) is 3.32. The third-order valence-electron chi connectivity index (χ3n) is 3.64. The average molecular weight is 447 g/mol. The summed E-state index contributed by atoms with van der Waals surface area (Å²) in [6.45, 7) is 0. The number of alkyl halides is 3. The topological polar surface area (TPSA) is 115 Å². The molecule has 0 aliphatic heterocycles. The molecule has 0 unspecified atom stereocenters. The molecule has 3 aromatic rings. The molecule has 0 aliphatic carbocycles. The zero-order valence-electron chi connectivity index (χ0n) is 14.5. The second-order valence-electron chi connectivity index (χ2n) is 5.81. The number of rotatable bonds is 5. The molecule has 8 nitrogen and oxygen atoms in total. The Hall–Kier alpha value is -2.93. The lowest BCUT2D eigenvalue weighted by Crippen LogP contribution is -2.28. The Kier molecular flexibility index (Phi) is 5.13. The van der Waals surface area contributed by atoms with Crippen molar-refractivity contribution in [1.29, 1.82) is 0 Å². The fourth-order valence-electron chi connectivity index (χ4n) is 2.26. The predicted octanol–water partition coefficient (Wildman–Crippen LogP) is 3.01. The van der Waals surface area contributed by atoms with Crippen molar-refractivity contribution in [1.82, 2.24) is 9.97 Å². The summed E-state index contributed by atoms with van der Waals surface area (Å²) in [7, 11) is -9.27. The van der Waals surface area contributed by atoms with Crippen molar-refractivity contribution in [3.8, 4) is 5.88 Å². The van der Waals surface area contributed by atoms with E-state index in [-0.39, 0.29) is 16.1 Å². The third kappa shape index (κ3) is 4.56. The molecule has 13 heteroatoms. The average Bonchev–Trinajstić information content (AvgIpc) is 2.61. The molecule has 29 heavy (non-hydrogen) atoms. The van der Waals surface area contributed by atoms with Gasteiger partial charge in [0, 0.05) is 29.7 Å². The Morgan fingerprint density at radius 1 is 1.00 bits per heavy atom. The van der Waals surface area contributed by atoms with Crippen LogP contribution in [0.25, 0.3) is 10.8 Å². The van der Waals surface area contributed by atoms with Crippen molar-refractivity contribution in [2.45, 2.75) is 10.4 Å². The van der Waals surface area contributed by atoms with E-state index in [1.165, 1.54) is 42.6 Å². The first kappa shape index (κ1) is 20.8. The van der Waals surface area contributed by atoms with Crippen molar-refractivity contribution in [2.75, 3.05) is 11.6 Å². The van der Waals surface area contributed by atoms with Crippen molar-refractivity contribution >= 4 is 42.2 Å². The smallest absolute Gasteiger partial charge is 0.355 e. The zero-order valence-corrected chi connectivity index (χ0v) is 16.1. The van der Waals surface area contributed by atoms with Crippen LogP contribution >= 0.6 is 0 Å². The summed E-state index contributed by atoms with van der Waals surface area (Å²) >= 11 is 0. The van der Waals surface area contributed by atoms with Crippen molar-refractivity contribution in [2.24, 2.45) is 0 Å². The lowest BCUT2D eigenvalue weighted by atomic mass is 10.2.